The van der Waals surface area contributed by atoms with E-state index >= 15 is 0 Å². The number of nitrogens with zero attached hydrogens (tertiary/aromatic N) is 3. The number of aromatic nitrogens is 3. The Morgan fingerprint density at radius 1 is 1.29 bits per heavy atom. The van der Waals surface area contributed by atoms with Gasteiger partial charge in [0.25, 0.3) is 0 Å². The maximum absolute atomic E-state index is 5.82. The third kappa shape index (κ3) is 1.25. The lowest BCUT2D eigenvalue weighted by Crippen LogP contribution is -2.00. The quantitative estimate of drug-likeness (QED) is 0.735. The second-order valence-corrected chi connectivity index (χ2v) is 3.25. The monoisotopic (exact) mass is 188 g/mol. The molecule has 4 nitrogen and oxygen atoms in total. The maximum atomic E-state index is 5.82. The molecule has 2 aromatic heterocycles. The molecule has 2 aromatic rings. The van der Waals surface area contributed by atoms with Crippen molar-refractivity contribution in [1.82, 2.24) is 14.5 Å². The van der Waals surface area contributed by atoms with Gasteiger partial charge in [0.1, 0.15) is 11.6 Å². The fraction of sp³-hybridized carbons (Fsp3) is 0.200. The molecule has 0 saturated carbocycles. The molecule has 0 aliphatic heterocycles. The standard InChI is InChI=1S/C10H12N4/c1-7-3-4-12-9(11)8(7)10-13-5-6-14(10)2/h3-6H,1-2H3,(H2,11,12). The number of anilines is 1. The molecule has 72 valence electrons. The number of nitrogen functional groups attached to an aromatic ring is 1. The molecule has 0 unspecified atom stereocenters. The van der Waals surface area contributed by atoms with Crippen LogP contribution in [0.15, 0.2) is 24.7 Å². The lowest BCUT2D eigenvalue weighted by Gasteiger charge is -2.07. The van der Waals surface area contributed by atoms with Crippen molar-refractivity contribution in [2.75, 3.05) is 5.73 Å². The van der Waals surface area contributed by atoms with Gasteiger partial charge >= 0.3 is 0 Å². The molecule has 0 saturated heterocycles. The van der Waals surface area contributed by atoms with Gasteiger partial charge in [0, 0.05) is 25.6 Å². The first-order valence-electron chi connectivity index (χ1n) is 4.39. The Balaban J connectivity index is 2.68. The van der Waals surface area contributed by atoms with Gasteiger partial charge < -0.3 is 10.3 Å². The second kappa shape index (κ2) is 3.14. The number of imidazole rings is 1. The van der Waals surface area contributed by atoms with E-state index < -0.39 is 0 Å². The molecule has 0 amide bonds. The van der Waals surface area contributed by atoms with E-state index in [9.17, 15) is 0 Å². The topological polar surface area (TPSA) is 56.7 Å². The van der Waals surface area contributed by atoms with Crippen molar-refractivity contribution in [3.63, 3.8) is 0 Å². The Hall–Kier alpha value is -1.84. The van der Waals surface area contributed by atoms with Gasteiger partial charge in [0.2, 0.25) is 0 Å². The molecular formula is C10H12N4. The van der Waals surface area contributed by atoms with Gasteiger partial charge in [0.05, 0.1) is 5.56 Å². The minimum Gasteiger partial charge on any atom is -0.383 e. The van der Waals surface area contributed by atoms with E-state index in [1.165, 1.54) is 0 Å². The van der Waals surface area contributed by atoms with E-state index in [4.69, 9.17) is 5.73 Å². The van der Waals surface area contributed by atoms with Crippen LogP contribution in [0.4, 0.5) is 5.82 Å². The minimum atomic E-state index is 0.527. The summed E-state index contributed by atoms with van der Waals surface area (Å²) in [5, 5.41) is 0. The van der Waals surface area contributed by atoms with Crippen molar-refractivity contribution >= 4 is 5.82 Å². The molecule has 0 fully saturated rings. The Bertz CT molecular complexity index is 439. The number of hydrogen-bond donors (Lipinski definition) is 1. The van der Waals surface area contributed by atoms with Crippen molar-refractivity contribution in [3.05, 3.63) is 30.2 Å². The summed E-state index contributed by atoms with van der Waals surface area (Å²) in [5.41, 5.74) is 7.82. The van der Waals surface area contributed by atoms with Gasteiger partial charge in [-0.15, -0.1) is 0 Å². The SMILES string of the molecule is Cc1ccnc(N)c1-c1nccn1C. The van der Waals surface area contributed by atoms with Crippen LogP contribution < -0.4 is 5.73 Å². The molecule has 0 aromatic carbocycles. The van der Waals surface area contributed by atoms with Crippen LogP contribution in [-0.4, -0.2) is 14.5 Å². The number of aryl methyl sites for hydroxylation is 2. The van der Waals surface area contributed by atoms with Gasteiger partial charge in [-0.2, -0.15) is 0 Å². The molecule has 0 spiro atoms. The third-order valence-corrected chi connectivity index (χ3v) is 2.23. The summed E-state index contributed by atoms with van der Waals surface area (Å²) in [7, 11) is 1.94. The smallest absolute Gasteiger partial charge is 0.143 e. The first kappa shape index (κ1) is 8.74. The van der Waals surface area contributed by atoms with Crippen LogP contribution in [0.3, 0.4) is 0 Å². The van der Waals surface area contributed by atoms with Crippen LogP contribution in [-0.2, 0) is 7.05 Å². The molecule has 0 bridgehead atoms. The van der Waals surface area contributed by atoms with E-state index in [0.717, 1.165) is 17.0 Å². The summed E-state index contributed by atoms with van der Waals surface area (Å²) in [6.45, 7) is 2.00. The van der Waals surface area contributed by atoms with E-state index in [1.54, 1.807) is 12.4 Å². The highest BCUT2D eigenvalue weighted by molar-refractivity contribution is 5.71. The maximum Gasteiger partial charge on any atom is 0.143 e. The Kier molecular flexibility index (Phi) is 1.96. The zero-order valence-electron chi connectivity index (χ0n) is 8.23. The van der Waals surface area contributed by atoms with Crippen LogP contribution in [0.1, 0.15) is 5.56 Å². The highest BCUT2D eigenvalue weighted by Gasteiger charge is 2.10. The minimum absolute atomic E-state index is 0.527. The number of nitrogens with two attached hydrogens (primary N) is 1. The van der Waals surface area contributed by atoms with E-state index in [0.29, 0.717) is 5.82 Å². The summed E-state index contributed by atoms with van der Waals surface area (Å²) >= 11 is 0. The largest absolute Gasteiger partial charge is 0.383 e. The van der Waals surface area contributed by atoms with Crippen LogP contribution in [0.5, 0.6) is 0 Å². The Labute approximate surface area is 82.4 Å². The number of rotatable bonds is 1. The fourth-order valence-corrected chi connectivity index (χ4v) is 1.48. The lowest BCUT2D eigenvalue weighted by molar-refractivity contribution is 0.922. The zero-order valence-corrected chi connectivity index (χ0v) is 8.23. The van der Waals surface area contributed by atoms with Crippen LogP contribution in [0.25, 0.3) is 11.4 Å². The average molecular weight is 188 g/mol. The molecule has 14 heavy (non-hydrogen) atoms. The number of pyridine rings is 1. The lowest BCUT2D eigenvalue weighted by atomic mass is 10.1. The predicted molar refractivity (Wildman–Crippen MR) is 55.6 cm³/mol. The molecular weight excluding hydrogens is 176 g/mol. The first-order chi connectivity index (χ1) is 6.70. The van der Waals surface area contributed by atoms with Gasteiger partial charge in [-0.1, -0.05) is 0 Å². The van der Waals surface area contributed by atoms with Crippen molar-refractivity contribution in [2.24, 2.45) is 7.05 Å². The zero-order chi connectivity index (χ0) is 10.1. The highest BCUT2D eigenvalue weighted by Crippen LogP contribution is 2.25. The molecule has 0 aliphatic rings. The van der Waals surface area contributed by atoms with Crippen molar-refractivity contribution < 1.29 is 0 Å². The normalized spacial score (nSPS) is 10.4. The van der Waals surface area contributed by atoms with Gasteiger partial charge in [0.15, 0.2) is 0 Å². The van der Waals surface area contributed by atoms with E-state index in [1.807, 2.05) is 30.8 Å². The van der Waals surface area contributed by atoms with Crippen molar-refractivity contribution in [3.8, 4) is 11.4 Å². The van der Waals surface area contributed by atoms with Crippen LogP contribution in [0, 0.1) is 6.92 Å². The number of hydrogen-bond acceptors (Lipinski definition) is 3. The highest BCUT2D eigenvalue weighted by atomic mass is 15.0. The van der Waals surface area contributed by atoms with Crippen molar-refractivity contribution in [1.29, 1.82) is 0 Å². The Morgan fingerprint density at radius 2 is 2.07 bits per heavy atom. The fourth-order valence-electron chi connectivity index (χ4n) is 1.48. The second-order valence-electron chi connectivity index (χ2n) is 3.25. The predicted octanol–water partition coefficient (Wildman–Crippen LogP) is 1.37. The van der Waals surface area contributed by atoms with Crippen LogP contribution >= 0.6 is 0 Å². The van der Waals surface area contributed by atoms with Crippen molar-refractivity contribution in [2.45, 2.75) is 6.92 Å². The summed E-state index contributed by atoms with van der Waals surface area (Å²) in [6, 6.07) is 1.93. The molecule has 2 rings (SSSR count). The summed E-state index contributed by atoms with van der Waals surface area (Å²) in [5.74, 6) is 1.38. The molecule has 2 N–H and O–H groups in total. The third-order valence-electron chi connectivity index (χ3n) is 2.23. The first-order valence-corrected chi connectivity index (χ1v) is 4.39. The molecule has 4 heteroatoms. The van der Waals surface area contributed by atoms with E-state index in [-0.39, 0.29) is 0 Å². The van der Waals surface area contributed by atoms with Crippen LogP contribution in [0.2, 0.25) is 0 Å². The van der Waals surface area contributed by atoms with Gasteiger partial charge in [-0.3, -0.25) is 0 Å². The molecule has 0 aliphatic carbocycles. The summed E-state index contributed by atoms with van der Waals surface area (Å²) in [4.78, 5) is 8.31. The van der Waals surface area contributed by atoms with Gasteiger partial charge in [-0.25, -0.2) is 9.97 Å². The Morgan fingerprint density at radius 3 is 2.64 bits per heavy atom. The average Bonchev–Trinajstić information content (AvgIpc) is 2.52. The summed E-state index contributed by atoms with van der Waals surface area (Å²) in [6.07, 6.45) is 5.35. The molecule has 0 radical (unpaired) electrons. The van der Waals surface area contributed by atoms with E-state index in [2.05, 4.69) is 9.97 Å². The molecule has 0 atom stereocenters. The van der Waals surface area contributed by atoms with Gasteiger partial charge in [-0.05, 0) is 18.6 Å². The summed E-state index contributed by atoms with van der Waals surface area (Å²) < 4.78 is 1.93. The molecule has 2 heterocycles.